The second-order valence-corrected chi connectivity index (χ2v) is 7.91. The molecule has 0 N–H and O–H groups in total. The van der Waals surface area contributed by atoms with Crippen LogP contribution < -0.4 is 4.90 Å². The normalized spacial score (nSPS) is 24.5. The molecule has 3 nitrogen and oxygen atoms in total. The SMILES string of the molecule is CCS(=O)(=O)c1ccccc1N1CCC(Cl)C(C)C1. The van der Waals surface area contributed by atoms with Crippen molar-refractivity contribution < 1.29 is 8.42 Å². The molecule has 0 spiro atoms. The molecule has 2 unspecified atom stereocenters. The fourth-order valence-corrected chi connectivity index (χ4v) is 3.76. The van der Waals surface area contributed by atoms with Crippen LogP contribution in [-0.4, -0.2) is 32.6 Å². The van der Waals surface area contributed by atoms with Gasteiger partial charge in [-0.2, -0.15) is 0 Å². The molecule has 19 heavy (non-hydrogen) atoms. The highest BCUT2D eigenvalue weighted by Crippen LogP contribution is 2.31. The van der Waals surface area contributed by atoms with Gasteiger partial charge in [0.15, 0.2) is 9.84 Å². The van der Waals surface area contributed by atoms with E-state index in [4.69, 9.17) is 11.6 Å². The summed E-state index contributed by atoms with van der Waals surface area (Å²) in [6.45, 7) is 5.42. The summed E-state index contributed by atoms with van der Waals surface area (Å²) in [6, 6.07) is 7.26. The minimum atomic E-state index is -3.18. The van der Waals surface area contributed by atoms with Gasteiger partial charge in [0, 0.05) is 18.5 Å². The van der Waals surface area contributed by atoms with E-state index in [1.54, 1.807) is 19.1 Å². The van der Waals surface area contributed by atoms with E-state index in [9.17, 15) is 8.42 Å². The molecule has 1 aromatic carbocycles. The van der Waals surface area contributed by atoms with Gasteiger partial charge >= 0.3 is 0 Å². The molecular weight excluding hydrogens is 282 g/mol. The van der Waals surface area contributed by atoms with E-state index < -0.39 is 9.84 Å². The standard InChI is InChI=1S/C14H20ClNO2S/c1-3-19(17,18)14-7-5-4-6-13(14)16-9-8-12(15)11(2)10-16/h4-7,11-12H,3,8-10H2,1-2H3. The first-order valence-electron chi connectivity index (χ1n) is 6.66. The topological polar surface area (TPSA) is 37.4 Å². The third-order valence-electron chi connectivity index (χ3n) is 3.72. The number of para-hydroxylation sites is 1. The van der Waals surface area contributed by atoms with Gasteiger partial charge in [-0.05, 0) is 24.5 Å². The summed E-state index contributed by atoms with van der Waals surface area (Å²) in [5, 5.41) is 0.186. The van der Waals surface area contributed by atoms with Crippen LogP contribution in [0.5, 0.6) is 0 Å². The third kappa shape index (κ3) is 3.06. The highest BCUT2D eigenvalue weighted by atomic mass is 35.5. The third-order valence-corrected chi connectivity index (χ3v) is 6.15. The first-order chi connectivity index (χ1) is 8.95. The van der Waals surface area contributed by atoms with E-state index >= 15 is 0 Å². The summed E-state index contributed by atoms with van der Waals surface area (Å²) >= 11 is 6.23. The monoisotopic (exact) mass is 301 g/mol. The number of hydrogen-bond donors (Lipinski definition) is 0. The zero-order valence-electron chi connectivity index (χ0n) is 11.3. The maximum absolute atomic E-state index is 12.2. The Labute approximate surface area is 120 Å². The van der Waals surface area contributed by atoms with Crippen LogP contribution in [0.1, 0.15) is 20.3 Å². The van der Waals surface area contributed by atoms with Gasteiger partial charge in [0.2, 0.25) is 0 Å². The summed E-state index contributed by atoms with van der Waals surface area (Å²) in [5.74, 6) is 0.499. The summed E-state index contributed by atoms with van der Waals surface area (Å²) in [4.78, 5) is 2.59. The lowest BCUT2D eigenvalue weighted by Crippen LogP contribution is -2.40. The van der Waals surface area contributed by atoms with Crippen molar-refractivity contribution in [2.75, 3.05) is 23.7 Å². The van der Waals surface area contributed by atoms with Gasteiger partial charge in [0.25, 0.3) is 0 Å². The van der Waals surface area contributed by atoms with Crippen molar-refractivity contribution >= 4 is 27.1 Å². The lowest BCUT2D eigenvalue weighted by atomic mass is 9.99. The van der Waals surface area contributed by atoms with Crippen LogP contribution in [0, 0.1) is 5.92 Å². The van der Waals surface area contributed by atoms with E-state index in [2.05, 4.69) is 11.8 Å². The first kappa shape index (κ1) is 14.7. The minimum Gasteiger partial charge on any atom is -0.370 e. The Kier molecular flexibility index (Phi) is 4.41. The van der Waals surface area contributed by atoms with Crippen molar-refractivity contribution in [1.29, 1.82) is 0 Å². The van der Waals surface area contributed by atoms with Gasteiger partial charge < -0.3 is 4.90 Å². The highest BCUT2D eigenvalue weighted by Gasteiger charge is 2.27. The van der Waals surface area contributed by atoms with Gasteiger partial charge in [-0.15, -0.1) is 11.6 Å². The molecule has 0 aliphatic carbocycles. The molecule has 1 aromatic rings. The van der Waals surface area contributed by atoms with Crippen molar-refractivity contribution in [3.8, 4) is 0 Å². The number of anilines is 1. The van der Waals surface area contributed by atoms with Crippen LogP contribution in [0.25, 0.3) is 0 Å². The second-order valence-electron chi connectivity index (χ2n) is 5.10. The van der Waals surface area contributed by atoms with Gasteiger partial charge in [-0.3, -0.25) is 0 Å². The number of nitrogens with zero attached hydrogens (tertiary/aromatic N) is 1. The molecule has 5 heteroatoms. The number of alkyl halides is 1. The molecule has 0 amide bonds. The lowest BCUT2D eigenvalue weighted by Gasteiger charge is -2.36. The molecule has 1 aliphatic rings. The average Bonchev–Trinajstić information content (AvgIpc) is 2.42. The summed E-state index contributed by atoms with van der Waals surface area (Å²) in [6.07, 6.45) is 0.892. The van der Waals surface area contributed by atoms with Crippen LogP contribution in [-0.2, 0) is 9.84 Å². The molecule has 2 rings (SSSR count). The van der Waals surface area contributed by atoms with Gasteiger partial charge in [-0.25, -0.2) is 8.42 Å². The Balaban J connectivity index is 2.36. The zero-order chi connectivity index (χ0) is 14.0. The fourth-order valence-electron chi connectivity index (χ4n) is 2.47. The predicted octanol–water partition coefficient (Wildman–Crippen LogP) is 2.93. The van der Waals surface area contributed by atoms with Crippen molar-refractivity contribution in [3.63, 3.8) is 0 Å². The number of sulfone groups is 1. The first-order valence-corrected chi connectivity index (χ1v) is 8.75. The molecule has 1 aliphatic heterocycles. The number of benzene rings is 1. The van der Waals surface area contributed by atoms with Crippen LogP contribution in [0.2, 0.25) is 0 Å². The number of hydrogen-bond acceptors (Lipinski definition) is 3. The molecular formula is C14H20ClNO2S. The second kappa shape index (κ2) is 5.71. The van der Waals surface area contributed by atoms with Crippen molar-refractivity contribution in [1.82, 2.24) is 0 Å². The maximum atomic E-state index is 12.2. The molecule has 106 valence electrons. The molecule has 1 heterocycles. The average molecular weight is 302 g/mol. The Morgan fingerprint density at radius 2 is 2.05 bits per heavy atom. The molecule has 0 aromatic heterocycles. The van der Waals surface area contributed by atoms with Gasteiger partial charge in [0.1, 0.15) is 0 Å². The zero-order valence-corrected chi connectivity index (χ0v) is 12.9. The fraction of sp³-hybridized carbons (Fsp3) is 0.571. The van der Waals surface area contributed by atoms with Crippen LogP contribution in [0.4, 0.5) is 5.69 Å². The van der Waals surface area contributed by atoms with Gasteiger partial charge in [-0.1, -0.05) is 26.0 Å². The van der Waals surface area contributed by atoms with Crippen molar-refractivity contribution in [3.05, 3.63) is 24.3 Å². The van der Waals surface area contributed by atoms with Crippen molar-refractivity contribution in [2.45, 2.75) is 30.5 Å². The minimum absolute atomic E-state index is 0.130. The van der Waals surface area contributed by atoms with Gasteiger partial charge in [0.05, 0.1) is 16.3 Å². The largest absolute Gasteiger partial charge is 0.370 e. The van der Waals surface area contributed by atoms with E-state index in [0.717, 1.165) is 25.2 Å². The Hall–Kier alpha value is -0.740. The number of halogens is 1. The predicted molar refractivity (Wildman–Crippen MR) is 79.8 cm³/mol. The lowest BCUT2D eigenvalue weighted by molar-refractivity contribution is 0.453. The van der Waals surface area contributed by atoms with E-state index in [1.165, 1.54) is 0 Å². The Morgan fingerprint density at radius 3 is 2.68 bits per heavy atom. The molecule has 0 bridgehead atoms. The van der Waals surface area contributed by atoms with E-state index in [1.807, 2.05) is 12.1 Å². The number of piperidine rings is 1. The van der Waals surface area contributed by atoms with Crippen molar-refractivity contribution in [2.24, 2.45) is 5.92 Å². The molecule has 1 fully saturated rings. The summed E-state index contributed by atoms with van der Waals surface area (Å²) in [7, 11) is -3.18. The maximum Gasteiger partial charge on any atom is 0.180 e. The quantitative estimate of drug-likeness (QED) is 0.806. The summed E-state index contributed by atoms with van der Waals surface area (Å²) in [5.41, 5.74) is 0.819. The number of rotatable bonds is 3. The van der Waals surface area contributed by atoms with E-state index in [0.29, 0.717) is 10.8 Å². The van der Waals surface area contributed by atoms with Crippen LogP contribution in [0.3, 0.4) is 0 Å². The van der Waals surface area contributed by atoms with Crippen LogP contribution >= 0.6 is 11.6 Å². The Morgan fingerprint density at radius 1 is 1.37 bits per heavy atom. The molecule has 0 radical (unpaired) electrons. The molecule has 2 atom stereocenters. The highest BCUT2D eigenvalue weighted by molar-refractivity contribution is 7.91. The van der Waals surface area contributed by atoms with E-state index in [-0.39, 0.29) is 11.1 Å². The molecule has 1 saturated heterocycles. The Bertz CT molecular complexity index is 544. The smallest absolute Gasteiger partial charge is 0.180 e. The van der Waals surface area contributed by atoms with Crippen LogP contribution in [0.15, 0.2) is 29.2 Å². The molecule has 0 saturated carbocycles. The summed E-state index contributed by atoms with van der Waals surface area (Å²) < 4.78 is 24.3.